The molecule has 1 aromatic heterocycles. The maximum atomic E-state index is 13.4. The fourth-order valence-corrected chi connectivity index (χ4v) is 6.36. The average Bonchev–Trinajstić information content (AvgIpc) is 3.14. The largest absolute Gasteiger partial charge is 0.474 e. The second-order valence-corrected chi connectivity index (χ2v) is 11.2. The number of nitrogens with zero attached hydrogens (tertiary/aromatic N) is 2. The molecule has 1 heterocycles. The zero-order valence-corrected chi connectivity index (χ0v) is 21.2. The molecule has 0 aliphatic heterocycles. The van der Waals surface area contributed by atoms with Gasteiger partial charge < -0.3 is 25.8 Å². The van der Waals surface area contributed by atoms with E-state index < -0.39 is 17.1 Å². The number of carbonyl (C=O) groups excluding carboxylic acids is 3. The lowest BCUT2D eigenvalue weighted by Crippen LogP contribution is -2.63. The van der Waals surface area contributed by atoms with Gasteiger partial charge in [0.05, 0.1) is 17.7 Å². The highest BCUT2D eigenvalue weighted by atomic mass is 16.6. The van der Waals surface area contributed by atoms with Crippen molar-refractivity contribution in [3.05, 3.63) is 17.8 Å². The van der Waals surface area contributed by atoms with Gasteiger partial charge in [-0.15, -0.1) is 0 Å². The molecule has 10 nitrogen and oxygen atoms in total. The summed E-state index contributed by atoms with van der Waals surface area (Å²) in [5, 5.41) is 10.2. The lowest BCUT2D eigenvalue weighted by molar-refractivity contribution is -0.137. The van der Waals surface area contributed by atoms with Gasteiger partial charge in [-0.3, -0.25) is 9.59 Å². The predicted octanol–water partition coefficient (Wildman–Crippen LogP) is 2.69. The zero-order valence-electron chi connectivity index (χ0n) is 21.2. The molecule has 1 aromatic rings. The van der Waals surface area contributed by atoms with Crippen LogP contribution < -0.4 is 21.1 Å². The van der Waals surface area contributed by atoms with Crippen LogP contribution in [-0.2, 0) is 9.53 Å². The van der Waals surface area contributed by atoms with Crippen molar-refractivity contribution in [2.24, 2.45) is 28.9 Å². The van der Waals surface area contributed by atoms with Crippen LogP contribution in [0, 0.1) is 23.2 Å². The van der Waals surface area contributed by atoms with Crippen LogP contribution in [0.4, 0.5) is 4.79 Å². The standard InChI is InChI=1S/C25H37N5O5/c1-14(2)34-21-18(13-28-30(21)7-6-24(3,4)22(32)27-5)20(31)29-19-16-8-15-9-17(19)12-25(10-15,11-16)35-23(26)33/h6-7,13-17,19H,8-12H2,1-5H3,(H2,26,33)(H,27,32)(H,29,31)/b7-6+. The Hall–Kier alpha value is -3.04. The van der Waals surface area contributed by atoms with Gasteiger partial charge in [0.1, 0.15) is 11.2 Å². The van der Waals surface area contributed by atoms with Gasteiger partial charge in [-0.05, 0) is 77.6 Å². The van der Waals surface area contributed by atoms with Crippen LogP contribution in [0.1, 0.15) is 70.2 Å². The molecular formula is C25H37N5O5. The fraction of sp³-hybridized carbons (Fsp3) is 0.680. The van der Waals surface area contributed by atoms with Crippen LogP contribution in [0.25, 0.3) is 6.20 Å². The maximum Gasteiger partial charge on any atom is 0.405 e. The van der Waals surface area contributed by atoms with E-state index in [1.165, 1.54) is 10.9 Å². The van der Waals surface area contributed by atoms with Crippen LogP contribution in [0.15, 0.2) is 12.3 Å². The Morgan fingerprint density at radius 1 is 1.23 bits per heavy atom. The molecule has 2 atom stereocenters. The van der Waals surface area contributed by atoms with Crippen LogP contribution in [0.3, 0.4) is 0 Å². The summed E-state index contributed by atoms with van der Waals surface area (Å²) in [7, 11) is 1.59. The molecule has 5 rings (SSSR count). The predicted molar refractivity (Wildman–Crippen MR) is 129 cm³/mol. The molecule has 3 amide bonds. The van der Waals surface area contributed by atoms with Gasteiger partial charge in [-0.2, -0.15) is 5.10 Å². The molecule has 0 radical (unpaired) electrons. The summed E-state index contributed by atoms with van der Waals surface area (Å²) in [4.78, 5) is 37.1. The summed E-state index contributed by atoms with van der Waals surface area (Å²) in [6.45, 7) is 7.35. The highest BCUT2D eigenvalue weighted by molar-refractivity contribution is 5.96. The quantitative estimate of drug-likeness (QED) is 0.515. The molecule has 10 heteroatoms. The lowest BCUT2D eigenvalue weighted by atomic mass is 9.52. The fourth-order valence-electron chi connectivity index (χ4n) is 6.36. The highest BCUT2D eigenvalue weighted by Crippen LogP contribution is 2.57. The molecule has 0 saturated heterocycles. The monoisotopic (exact) mass is 487 g/mol. The first-order valence-electron chi connectivity index (χ1n) is 12.4. The molecule has 4 saturated carbocycles. The Morgan fingerprint density at radius 2 is 1.89 bits per heavy atom. The van der Waals surface area contributed by atoms with Crippen molar-refractivity contribution in [3.63, 3.8) is 0 Å². The minimum atomic E-state index is -0.762. The lowest BCUT2D eigenvalue weighted by Gasteiger charge is -2.58. The van der Waals surface area contributed by atoms with E-state index in [2.05, 4.69) is 15.7 Å². The number of nitrogens with one attached hydrogen (secondary N) is 2. The number of primary amides is 1. The number of hydrogen-bond donors (Lipinski definition) is 3. The van der Waals surface area contributed by atoms with Gasteiger partial charge in [-0.25, -0.2) is 9.48 Å². The van der Waals surface area contributed by atoms with Gasteiger partial charge in [0, 0.05) is 19.3 Å². The third-order valence-electron chi connectivity index (χ3n) is 7.62. The number of hydrogen-bond acceptors (Lipinski definition) is 6. The number of aromatic nitrogens is 2. The Kier molecular flexibility index (Phi) is 6.59. The van der Waals surface area contributed by atoms with E-state index in [1.807, 2.05) is 13.8 Å². The van der Waals surface area contributed by atoms with Crippen molar-refractivity contribution in [3.8, 4) is 5.88 Å². The topological polar surface area (TPSA) is 138 Å². The van der Waals surface area contributed by atoms with Crippen molar-refractivity contribution in [1.29, 1.82) is 0 Å². The van der Waals surface area contributed by atoms with Crippen molar-refractivity contribution in [2.75, 3.05) is 7.05 Å². The summed E-state index contributed by atoms with van der Waals surface area (Å²) in [5.74, 6) is 0.929. The molecule has 4 bridgehead atoms. The molecule has 4 N–H and O–H groups in total. The van der Waals surface area contributed by atoms with E-state index in [9.17, 15) is 14.4 Å². The molecular weight excluding hydrogens is 450 g/mol. The van der Waals surface area contributed by atoms with Crippen molar-refractivity contribution >= 4 is 24.1 Å². The van der Waals surface area contributed by atoms with Gasteiger partial charge in [0.15, 0.2) is 0 Å². The number of ether oxygens (including phenoxy) is 2. The third kappa shape index (κ3) is 5.01. The van der Waals surface area contributed by atoms with E-state index in [4.69, 9.17) is 15.2 Å². The second-order valence-electron chi connectivity index (χ2n) is 11.2. The normalized spacial score (nSPS) is 29.4. The first kappa shape index (κ1) is 25.1. The smallest absolute Gasteiger partial charge is 0.405 e. The van der Waals surface area contributed by atoms with Crippen LogP contribution >= 0.6 is 0 Å². The maximum absolute atomic E-state index is 13.4. The van der Waals surface area contributed by atoms with Gasteiger partial charge in [0.25, 0.3) is 5.91 Å². The molecule has 2 unspecified atom stereocenters. The minimum Gasteiger partial charge on any atom is -0.474 e. The molecule has 192 valence electrons. The Balaban J connectivity index is 1.53. The first-order valence-corrected chi connectivity index (χ1v) is 12.4. The van der Waals surface area contributed by atoms with E-state index in [1.54, 1.807) is 33.2 Å². The highest BCUT2D eigenvalue weighted by Gasteiger charge is 2.57. The number of carbonyl (C=O) groups is 3. The molecule has 0 aromatic carbocycles. The number of amides is 3. The summed E-state index contributed by atoms with van der Waals surface area (Å²) in [6.07, 6.45) is 8.31. The SMILES string of the molecule is CNC(=O)C(C)(C)/C=C/n1ncc(C(=O)NC2C3CC4CC2CC(OC(N)=O)(C4)C3)c1OC(C)C. The van der Waals surface area contributed by atoms with E-state index in [0.717, 1.165) is 32.1 Å². The first-order chi connectivity index (χ1) is 16.4. The van der Waals surface area contributed by atoms with E-state index >= 15 is 0 Å². The van der Waals surface area contributed by atoms with Crippen molar-refractivity contribution in [1.82, 2.24) is 20.4 Å². The summed E-state index contributed by atoms with van der Waals surface area (Å²) >= 11 is 0. The minimum absolute atomic E-state index is 0.00151. The van der Waals surface area contributed by atoms with Crippen LogP contribution in [-0.4, -0.2) is 52.5 Å². The Bertz CT molecular complexity index is 1010. The average molecular weight is 488 g/mol. The third-order valence-corrected chi connectivity index (χ3v) is 7.62. The molecule has 4 fully saturated rings. The molecule has 35 heavy (non-hydrogen) atoms. The molecule has 0 spiro atoms. The summed E-state index contributed by atoms with van der Waals surface area (Å²) in [5.41, 5.74) is 4.46. The summed E-state index contributed by atoms with van der Waals surface area (Å²) < 4.78 is 13.1. The van der Waals surface area contributed by atoms with Gasteiger partial charge in [0.2, 0.25) is 11.8 Å². The zero-order chi connectivity index (χ0) is 25.5. The van der Waals surface area contributed by atoms with E-state index in [-0.39, 0.29) is 35.8 Å². The van der Waals surface area contributed by atoms with Crippen LogP contribution in [0.5, 0.6) is 5.88 Å². The Morgan fingerprint density at radius 3 is 2.46 bits per heavy atom. The number of rotatable bonds is 8. The summed E-state index contributed by atoms with van der Waals surface area (Å²) in [6, 6.07) is 0.00151. The van der Waals surface area contributed by atoms with Crippen molar-refractivity contribution in [2.45, 2.75) is 77.5 Å². The number of nitrogens with two attached hydrogens (primary N) is 1. The second kappa shape index (κ2) is 9.20. The molecule has 4 aliphatic rings. The van der Waals surface area contributed by atoms with Gasteiger partial charge in [-0.1, -0.05) is 6.08 Å². The molecule has 4 aliphatic carbocycles. The van der Waals surface area contributed by atoms with Crippen molar-refractivity contribution < 1.29 is 23.9 Å². The van der Waals surface area contributed by atoms with Gasteiger partial charge >= 0.3 is 6.09 Å². The Labute approximate surface area is 206 Å². The van der Waals surface area contributed by atoms with E-state index in [0.29, 0.717) is 17.4 Å². The van der Waals surface area contributed by atoms with Crippen LogP contribution in [0.2, 0.25) is 0 Å².